The molecular weight excluding hydrogens is 296 g/mol. The summed E-state index contributed by atoms with van der Waals surface area (Å²) in [6, 6.07) is 3.12. The third-order valence-corrected chi connectivity index (χ3v) is 4.08. The normalized spacial score (nSPS) is 11.9. The lowest BCUT2D eigenvalue weighted by molar-refractivity contribution is 0.193. The van der Waals surface area contributed by atoms with E-state index in [9.17, 15) is 8.42 Å². The van der Waals surface area contributed by atoms with Gasteiger partial charge in [-0.05, 0) is 25.0 Å². The minimum absolute atomic E-state index is 0.0576. The molecule has 21 heavy (non-hydrogen) atoms. The van der Waals surface area contributed by atoms with E-state index in [0.29, 0.717) is 38.6 Å². The third-order valence-electron chi connectivity index (χ3n) is 2.75. The van der Waals surface area contributed by atoms with E-state index in [0.717, 1.165) is 12.8 Å². The number of furan rings is 1. The fourth-order valence-electron chi connectivity index (χ4n) is 1.63. The Bertz CT molecular complexity index is 487. The van der Waals surface area contributed by atoms with Gasteiger partial charge in [-0.15, -0.1) is 0 Å². The topological polar surface area (TPSA) is 89.8 Å². The average molecular weight is 320 g/mol. The van der Waals surface area contributed by atoms with Gasteiger partial charge in [-0.1, -0.05) is 0 Å². The lowest BCUT2D eigenvalue weighted by Gasteiger charge is -2.04. The van der Waals surface area contributed by atoms with Crippen molar-refractivity contribution in [3.63, 3.8) is 0 Å². The number of hydrogen-bond acceptors (Lipinski definition) is 6. The van der Waals surface area contributed by atoms with Gasteiger partial charge in [0.2, 0.25) is 5.09 Å². The van der Waals surface area contributed by atoms with Crippen molar-refractivity contribution in [1.82, 2.24) is 10.0 Å². The van der Waals surface area contributed by atoms with Crippen LogP contribution in [0.2, 0.25) is 0 Å². The minimum Gasteiger partial charge on any atom is -0.447 e. The van der Waals surface area contributed by atoms with E-state index in [1.807, 2.05) is 0 Å². The highest BCUT2D eigenvalue weighted by atomic mass is 32.2. The molecule has 0 aliphatic rings. The molecule has 1 heterocycles. The molecule has 0 fully saturated rings. The van der Waals surface area contributed by atoms with E-state index in [2.05, 4.69) is 10.0 Å². The molecule has 8 heteroatoms. The summed E-state index contributed by atoms with van der Waals surface area (Å²) in [5.74, 6) is 0.575. The van der Waals surface area contributed by atoms with Crippen molar-refractivity contribution in [3.8, 4) is 0 Å². The highest BCUT2D eigenvalue weighted by Crippen LogP contribution is 2.13. The number of ether oxygens (including phenoxy) is 2. The van der Waals surface area contributed by atoms with E-state index in [4.69, 9.17) is 13.9 Å². The standard InChI is InChI=1S/C13H24N2O5S/c1-18-9-4-3-7-15-21(16,17)13-6-5-12(20-13)11-14-8-10-19-2/h5-6,14-15H,3-4,7-11H2,1-2H3. The van der Waals surface area contributed by atoms with Crippen molar-refractivity contribution in [1.29, 1.82) is 0 Å². The van der Waals surface area contributed by atoms with Crippen LogP contribution in [0.25, 0.3) is 0 Å². The Kier molecular flexibility index (Phi) is 8.55. The quantitative estimate of drug-likeness (QED) is 0.552. The van der Waals surface area contributed by atoms with Gasteiger partial charge in [-0.3, -0.25) is 0 Å². The van der Waals surface area contributed by atoms with Gasteiger partial charge in [0, 0.05) is 33.9 Å². The molecule has 0 bridgehead atoms. The number of rotatable bonds is 12. The second kappa shape index (κ2) is 9.91. The molecule has 1 aromatic rings. The van der Waals surface area contributed by atoms with E-state index in [-0.39, 0.29) is 5.09 Å². The largest absolute Gasteiger partial charge is 0.447 e. The molecule has 0 unspecified atom stereocenters. The lowest BCUT2D eigenvalue weighted by Crippen LogP contribution is -2.24. The number of unbranched alkanes of at least 4 members (excludes halogenated alkanes) is 1. The predicted molar refractivity (Wildman–Crippen MR) is 78.6 cm³/mol. The number of sulfonamides is 1. The first-order valence-corrected chi connectivity index (χ1v) is 8.35. The summed E-state index contributed by atoms with van der Waals surface area (Å²) in [4.78, 5) is 0. The fraction of sp³-hybridized carbons (Fsp3) is 0.692. The van der Waals surface area contributed by atoms with Crippen LogP contribution < -0.4 is 10.0 Å². The van der Waals surface area contributed by atoms with Gasteiger partial charge in [0.05, 0.1) is 13.2 Å². The molecular formula is C13H24N2O5S. The Balaban J connectivity index is 2.39. The Morgan fingerprint density at radius 1 is 1.10 bits per heavy atom. The zero-order chi connectivity index (χ0) is 15.6. The van der Waals surface area contributed by atoms with Gasteiger partial charge >= 0.3 is 0 Å². The van der Waals surface area contributed by atoms with Crippen LogP contribution in [-0.4, -0.2) is 48.9 Å². The first-order chi connectivity index (χ1) is 10.1. The van der Waals surface area contributed by atoms with Crippen LogP contribution in [-0.2, 0) is 26.0 Å². The molecule has 0 aromatic carbocycles. The molecule has 0 aliphatic carbocycles. The van der Waals surface area contributed by atoms with Crippen molar-refractivity contribution < 1.29 is 22.3 Å². The van der Waals surface area contributed by atoms with Crippen LogP contribution in [0.15, 0.2) is 21.6 Å². The number of methoxy groups -OCH3 is 2. The number of hydrogen-bond donors (Lipinski definition) is 2. The van der Waals surface area contributed by atoms with E-state index < -0.39 is 10.0 Å². The SMILES string of the molecule is COCCCCNS(=O)(=O)c1ccc(CNCCOC)o1. The molecule has 0 saturated carbocycles. The van der Waals surface area contributed by atoms with Crippen LogP contribution in [0.3, 0.4) is 0 Å². The Labute approximate surface area is 126 Å². The summed E-state index contributed by atoms with van der Waals surface area (Å²) < 4.78 is 41.6. The van der Waals surface area contributed by atoms with Gasteiger partial charge < -0.3 is 19.2 Å². The lowest BCUT2D eigenvalue weighted by atomic mass is 10.3. The molecule has 0 saturated heterocycles. The monoisotopic (exact) mass is 320 g/mol. The van der Waals surface area contributed by atoms with Gasteiger partial charge in [0.25, 0.3) is 10.0 Å². The van der Waals surface area contributed by atoms with Crippen molar-refractivity contribution >= 4 is 10.0 Å². The van der Waals surface area contributed by atoms with Gasteiger partial charge in [0.1, 0.15) is 5.76 Å². The smallest absolute Gasteiger partial charge is 0.273 e. The van der Waals surface area contributed by atoms with Gasteiger partial charge in [0.15, 0.2) is 0 Å². The highest BCUT2D eigenvalue weighted by molar-refractivity contribution is 7.89. The minimum atomic E-state index is -3.57. The summed E-state index contributed by atoms with van der Waals surface area (Å²) in [5.41, 5.74) is 0. The van der Waals surface area contributed by atoms with Crippen LogP contribution in [0.5, 0.6) is 0 Å². The van der Waals surface area contributed by atoms with E-state index in [1.165, 1.54) is 6.07 Å². The Morgan fingerprint density at radius 3 is 2.57 bits per heavy atom. The zero-order valence-corrected chi connectivity index (χ0v) is 13.4. The van der Waals surface area contributed by atoms with Crippen LogP contribution in [0, 0.1) is 0 Å². The summed E-state index contributed by atoms with van der Waals surface area (Å²) >= 11 is 0. The van der Waals surface area contributed by atoms with E-state index in [1.54, 1.807) is 20.3 Å². The highest BCUT2D eigenvalue weighted by Gasteiger charge is 2.17. The molecule has 1 rings (SSSR count). The summed E-state index contributed by atoms with van der Waals surface area (Å²) in [6.07, 6.45) is 1.53. The maximum absolute atomic E-state index is 12.0. The van der Waals surface area contributed by atoms with E-state index >= 15 is 0 Å². The number of nitrogens with one attached hydrogen (secondary N) is 2. The molecule has 0 spiro atoms. The van der Waals surface area contributed by atoms with Crippen LogP contribution in [0.4, 0.5) is 0 Å². The van der Waals surface area contributed by atoms with Crippen molar-refractivity contribution in [2.75, 3.05) is 40.5 Å². The Morgan fingerprint density at radius 2 is 1.86 bits per heavy atom. The predicted octanol–water partition coefficient (Wildman–Crippen LogP) is 0.721. The maximum atomic E-state index is 12.0. The molecule has 0 atom stereocenters. The molecule has 2 N–H and O–H groups in total. The van der Waals surface area contributed by atoms with Gasteiger partial charge in [-0.2, -0.15) is 0 Å². The van der Waals surface area contributed by atoms with Gasteiger partial charge in [-0.25, -0.2) is 13.1 Å². The second-order valence-electron chi connectivity index (χ2n) is 4.49. The maximum Gasteiger partial charge on any atom is 0.273 e. The molecule has 122 valence electrons. The van der Waals surface area contributed by atoms with Crippen LogP contribution in [0.1, 0.15) is 18.6 Å². The molecule has 0 aliphatic heterocycles. The molecule has 0 radical (unpaired) electrons. The van der Waals surface area contributed by atoms with Crippen molar-refractivity contribution in [2.45, 2.75) is 24.5 Å². The van der Waals surface area contributed by atoms with Crippen molar-refractivity contribution in [2.24, 2.45) is 0 Å². The Hall–Kier alpha value is -0.930. The van der Waals surface area contributed by atoms with Crippen molar-refractivity contribution in [3.05, 3.63) is 17.9 Å². The average Bonchev–Trinajstić information content (AvgIpc) is 2.93. The van der Waals surface area contributed by atoms with Crippen LogP contribution >= 0.6 is 0 Å². The third kappa shape index (κ3) is 7.05. The summed E-state index contributed by atoms with van der Waals surface area (Å²) in [6.45, 7) is 2.73. The zero-order valence-electron chi connectivity index (χ0n) is 12.6. The second-order valence-corrected chi connectivity index (χ2v) is 6.19. The molecule has 7 nitrogen and oxygen atoms in total. The summed E-state index contributed by atoms with van der Waals surface area (Å²) in [5, 5.41) is 3.03. The molecule has 1 aromatic heterocycles. The fourth-order valence-corrected chi connectivity index (χ4v) is 2.65. The molecule has 0 amide bonds. The first kappa shape index (κ1) is 18.1. The first-order valence-electron chi connectivity index (χ1n) is 6.87. The summed E-state index contributed by atoms with van der Waals surface area (Å²) in [7, 11) is -0.329.